The quantitative estimate of drug-likeness (QED) is 0.718. The largest absolute Gasteiger partial charge is 0.508 e. The third-order valence-electron chi connectivity index (χ3n) is 2.52. The van der Waals surface area contributed by atoms with Crippen molar-refractivity contribution in [2.24, 2.45) is 0 Å². The normalized spacial score (nSPS) is 10.4. The minimum absolute atomic E-state index is 0.201. The molecule has 0 amide bonds. The maximum Gasteiger partial charge on any atom is 0.183 e. The van der Waals surface area contributed by atoms with E-state index in [9.17, 15) is 5.11 Å². The van der Waals surface area contributed by atoms with Crippen LogP contribution >= 0.6 is 0 Å². The molecule has 2 N–H and O–H groups in total. The van der Waals surface area contributed by atoms with E-state index in [1.165, 1.54) is 0 Å². The summed E-state index contributed by atoms with van der Waals surface area (Å²) in [6, 6.07) is 10.6. The van der Waals surface area contributed by atoms with Crippen LogP contribution in [0.25, 0.3) is 22.8 Å². The number of aromatic hydroxyl groups is 1. The van der Waals surface area contributed by atoms with Crippen LogP contribution in [-0.2, 0) is 0 Å². The molecule has 88 valence electrons. The molecule has 0 saturated carbocycles. The minimum Gasteiger partial charge on any atom is -0.508 e. The van der Waals surface area contributed by atoms with Gasteiger partial charge in [-0.25, -0.2) is 4.98 Å². The average molecular weight is 238 g/mol. The van der Waals surface area contributed by atoms with Gasteiger partial charge in [-0.3, -0.25) is 10.1 Å². The second-order valence-electron chi connectivity index (χ2n) is 3.80. The Morgan fingerprint density at radius 1 is 1.06 bits per heavy atom. The van der Waals surface area contributed by atoms with Gasteiger partial charge in [0.05, 0.1) is 0 Å². The van der Waals surface area contributed by atoms with E-state index < -0.39 is 0 Å². The molecule has 5 heteroatoms. The van der Waals surface area contributed by atoms with E-state index >= 15 is 0 Å². The molecule has 0 aliphatic rings. The maximum atomic E-state index is 9.43. The lowest BCUT2D eigenvalue weighted by Gasteiger charge is -1.96. The Kier molecular flexibility index (Phi) is 2.49. The van der Waals surface area contributed by atoms with Crippen molar-refractivity contribution in [1.82, 2.24) is 20.2 Å². The summed E-state index contributed by atoms with van der Waals surface area (Å²) in [4.78, 5) is 8.40. The monoisotopic (exact) mass is 238 g/mol. The Labute approximate surface area is 103 Å². The van der Waals surface area contributed by atoms with Gasteiger partial charge in [-0.1, -0.05) is 12.1 Å². The van der Waals surface area contributed by atoms with Gasteiger partial charge in [0.15, 0.2) is 11.6 Å². The molecule has 2 heterocycles. The number of hydrogen-bond donors (Lipinski definition) is 2. The highest BCUT2D eigenvalue weighted by Crippen LogP contribution is 2.22. The van der Waals surface area contributed by atoms with Gasteiger partial charge in [-0.05, 0) is 24.3 Å². The van der Waals surface area contributed by atoms with Gasteiger partial charge in [0.25, 0.3) is 0 Å². The van der Waals surface area contributed by atoms with E-state index in [-0.39, 0.29) is 5.75 Å². The number of aromatic amines is 1. The van der Waals surface area contributed by atoms with Crippen molar-refractivity contribution in [1.29, 1.82) is 0 Å². The summed E-state index contributed by atoms with van der Waals surface area (Å²) in [6.45, 7) is 0. The highest BCUT2D eigenvalue weighted by molar-refractivity contribution is 5.61. The smallest absolute Gasteiger partial charge is 0.183 e. The van der Waals surface area contributed by atoms with Crippen LogP contribution in [0.4, 0.5) is 0 Å². The van der Waals surface area contributed by atoms with Crippen LogP contribution in [-0.4, -0.2) is 25.3 Å². The van der Waals surface area contributed by atoms with Crippen LogP contribution in [0.15, 0.2) is 48.8 Å². The second kappa shape index (κ2) is 4.29. The third kappa shape index (κ3) is 1.93. The standard InChI is InChI=1S/C13H10N4O/c18-11-5-1-3-9(7-11)12-15-13(17-16-12)10-4-2-6-14-8-10/h1-8,18H,(H,15,16,17). The van der Waals surface area contributed by atoms with Gasteiger partial charge in [0, 0.05) is 23.5 Å². The number of phenols is 1. The van der Waals surface area contributed by atoms with E-state index in [4.69, 9.17) is 0 Å². The van der Waals surface area contributed by atoms with Crippen LogP contribution in [0.1, 0.15) is 0 Å². The van der Waals surface area contributed by atoms with Crippen LogP contribution in [0.3, 0.4) is 0 Å². The fraction of sp³-hybridized carbons (Fsp3) is 0. The number of aromatic nitrogens is 4. The van der Waals surface area contributed by atoms with Gasteiger partial charge < -0.3 is 5.11 Å². The first-order valence-corrected chi connectivity index (χ1v) is 5.45. The molecule has 2 aromatic heterocycles. The van der Waals surface area contributed by atoms with Crippen molar-refractivity contribution in [3.05, 3.63) is 48.8 Å². The first-order valence-electron chi connectivity index (χ1n) is 5.45. The number of nitrogens with zero attached hydrogens (tertiary/aromatic N) is 3. The van der Waals surface area contributed by atoms with Crippen molar-refractivity contribution < 1.29 is 5.11 Å². The Bertz CT molecular complexity index is 664. The van der Waals surface area contributed by atoms with Crippen LogP contribution in [0.2, 0.25) is 0 Å². The molecule has 0 fully saturated rings. The Morgan fingerprint density at radius 2 is 1.94 bits per heavy atom. The van der Waals surface area contributed by atoms with E-state index in [0.29, 0.717) is 11.6 Å². The molecular weight excluding hydrogens is 228 g/mol. The van der Waals surface area contributed by atoms with Crippen molar-refractivity contribution in [2.45, 2.75) is 0 Å². The molecular formula is C13H10N4O. The van der Waals surface area contributed by atoms with Gasteiger partial charge in [-0.2, -0.15) is 5.10 Å². The molecule has 0 unspecified atom stereocenters. The van der Waals surface area contributed by atoms with E-state index in [1.54, 1.807) is 30.6 Å². The number of pyridine rings is 1. The van der Waals surface area contributed by atoms with E-state index in [0.717, 1.165) is 11.1 Å². The average Bonchev–Trinajstić information content (AvgIpc) is 2.89. The van der Waals surface area contributed by atoms with Crippen molar-refractivity contribution in [3.8, 4) is 28.5 Å². The summed E-state index contributed by atoms with van der Waals surface area (Å²) in [6.07, 6.45) is 3.40. The zero-order valence-corrected chi connectivity index (χ0v) is 9.41. The lowest BCUT2D eigenvalue weighted by Crippen LogP contribution is -1.82. The van der Waals surface area contributed by atoms with Crippen molar-refractivity contribution in [2.75, 3.05) is 0 Å². The molecule has 0 bridgehead atoms. The molecule has 5 nitrogen and oxygen atoms in total. The molecule has 0 radical (unpaired) electrons. The molecule has 0 saturated heterocycles. The van der Waals surface area contributed by atoms with Crippen LogP contribution in [0, 0.1) is 0 Å². The molecule has 0 atom stereocenters. The van der Waals surface area contributed by atoms with Gasteiger partial charge >= 0.3 is 0 Å². The summed E-state index contributed by atoms with van der Waals surface area (Å²) in [5, 5.41) is 16.4. The molecule has 1 aromatic carbocycles. The molecule has 0 aliphatic carbocycles. The first kappa shape index (κ1) is 10.5. The summed E-state index contributed by atoms with van der Waals surface area (Å²) >= 11 is 0. The zero-order chi connectivity index (χ0) is 12.4. The molecule has 0 aliphatic heterocycles. The Balaban J connectivity index is 2.00. The van der Waals surface area contributed by atoms with Crippen LogP contribution < -0.4 is 0 Å². The number of hydrogen-bond acceptors (Lipinski definition) is 4. The topological polar surface area (TPSA) is 74.7 Å². The molecule has 3 aromatic rings. The number of rotatable bonds is 2. The lowest BCUT2D eigenvalue weighted by atomic mass is 10.2. The summed E-state index contributed by atoms with van der Waals surface area (Å²) in [5.41, 5.74) is 1.64. The number of benzene rings is 1. The predicted octanol–water partition coefficient (Wildman–Crippen LogP) is 2.24. The van der Waals surface area contributed by atoms with Gasteiger partial charge in [0.1, 0.15) is 5.75 Å². The Hall–Kier alpha value is -2.69. The molecule has 3 rings (SSSR count). The number of H-pyrrole nitrogens is 1. The van der Waals surface area contributed by atoms with E-state index in [1.807, 2.05) is 18.2 Å². The molecule has 0 spiro atoms. The number of phenolic OH excluding ortho intramolecular Hbond substituents is 1. The van der Waals surface area contributed by atoms with Gasteiger partial charge in [0.2, 0.25) is 0 Å². The maximum absolute atomic E-state index is 9.43. The summed E-state index contributed by atoms with van der Waals surface area (Å²) < 4.78 is 0. The van der Waals surface area contributed by atoms with Crippen molar-refractivity contribution in [3.63, 3.8) is 0 Å². The fourth-order valence-electron chi connectivity index (χ4n) is 1.67. The third-order valence-corrected chi connectivity index (χ3v) is 2.52. The highest BCUT2D eigenvalue weighted by atomic mass is 16.3. The van der Waals surface area contributed by atoms with Crippen molar-refractivity contribution >= 4 is 0 Å². The predicted molar refractivity (Wildman–Crippen MR) is 66.7 cm³/mol. The lowest BCUT2D eigenvalue weighted by molar-refractivity contribution is 0.475. The summed E-state index contributed by atoms with van der Waals surface area (Å²) in [7, 11) is 0. The SMILES string of the molecule is Oc1cccc(-c2nc(-c3cccnc3)n[nH]2)c1. The fourth-order valence-corrected chi connectivity index (χ4v) is 1.67. The zero-order valence-electron chi connectivity index (χ0n) is 9.41. The minimum atomic E-state index is 0.201. The Morgan fingerprint density at radius 3 is 2.72 bits per heavy atom. The first-order chi connectivity index (χ1) is 8.83. The number of nitrogens with one attached hydrogen (secondary N) is 1. The van der Waals surface area contributed by atoms with Crippen LogP contribution in [0.5, 0.6) is 5.75 Å². The van der Waals surface area contributed by atoms with E-state index in [2.05, 4.69) is 20.2 Å². The summed E-state index contributed by atoms with van der Waals surface area (Å²) in [5.74, 6) is 1.40. The molecule has 18 heavy (non-hydrogen) atoms. The van der Waals surface area contributed by atoms with Gasteiger partial charge in [-0.15, -0.1) is 0 Å². The second-order valence-corrected chi connectivity index (χ2v) is 3.80. The highest BCUT2D eigenvalue weighted by Gasteiger charge is 2.07.